The second-order valence-corrected chi connectivity index (χ2v) is 3.23. The van der Waals surface area contributed by atoms with Crippen molar-refractivity contribution in [3.63, 3.8) is 0 Å². The fourth-order valence-corrected chi connectivity index (χ4v) is 1.34. The maximum Gasteiger partial charge on any atom is 0.0447 e. The summed E-state index contributed by atoms with van der Waals surface area (Å²) in [5.74, 6) is 0. The molecule has 1 rings (SSSR count). The Kier molecular flexibility index (Phi) is 3.88. The maximum atomic E-state index is 5.95. The average molecular weight is 166 g/mol. The summed E-state index contributed by atoms with van der Waals surface area (Å²) >= 11 is 0. The monoisotopic (exact) mass is 166 g/mol. The van der Waals surface area contributed by atoms with Gasteiger partial charge in [0.15, 0.2) is 0 Å². The van der Waals surface area contributed by atoms with E-state index >= 15 is 0 Å². The van der Waals surface area contributed by atoms with Gasteiger partial charge in [-0.15, -0.1) is 0 Å². The molecule has 1 aromatic rings. The van der Waals surface area contributed by atoms with Gasteiger partial charge in [-0.2, -0.15) is 0 Å². The SMILES string of the molecule is CCCCC[C@H](N)c1ccc[nH]1. The summed E-state index contributed by atoms with van der Waals surface area (Å²) in [6.45, 7) is 2.21. The highest BCUT2D eigenvalue weighted by Gasteiger charge is 2.04. The van der Waals surface area contributed by atoms with Crippen LogP contribution < -0.4 is 5.73 Å². The van der Waals surface area contributed by atoms with Crippen LogP contribution in [0.25, 0.3) is 0 Å². The zero-order valence-corrected chi connectivity index (χ0v) is 7.72. The lowest BCUT2D eigenvalue weighted by Crippen LogP contribution is -2.10. The van der Waals surface area contributed by atoms with Crippen molar-refractivity contribution in [3.05, 3.63) is 24.0 Å². The molecule has 0 saturated heterocycles. The first-order valence-electron chi connectivity index (χ1n) is 4.73. The van der Waals surface area contributed by atoms with Crippen LogP contribution in [0.1, 0.15) is 44.3 Å². The molecule has 68 valence electrons. The molecule has 0 unspecified atom stereocenters. The van der Waals surface area contributed by atoms with Gasteiger partial charge in [0.05, 0.1) is 0 Å². The van der Waals surface area contributed by atoms with Crippen LogP contribution in [0.3, 0.4) is 0 Å². The van der Waals surface area contributed by atoms with E-state index in [1.54, 1.807) is 0 Å². The molecule has 0 fully saturated rings. The van der Waals surface area contributed by atoms with Gasteiger partial charge in [-0.3, -0.25) is 0 Å². The van der Waals surface area contributed by atoms with E-state index in [2.05, 4.69) is 18.0 Å². The van der Waals surface area contributed by atoms with E-state index in [-0.39, 0.29) is 6.04 Å². The Morgan fingerprint density at radius 3 is 2.92 bits per heavy atom. The second kappa shape index (κ2) is 4.99. The van der Waals surface area contributed by atoms with Crippen LogP contribution in [0, 0.1) is 0 Å². The van der Waals surface area contributed by atoms with E-state index in [4.69, 9.17) is 5.73 Å². The smallest absolute Gasteiger partial charge is 0.0447 e. The highest BCUT2D eigenvalue weighted by molar-refractivity contribution is 5.07. The number of hydrogen-bond donors (Lipinski definition) is 2. The van der Waals surface area contributed by atoms with Gasteiger partial charge in [-0.05, 0) is 18.6 Å². The summed E-state index contributed by atoms with van der Waals surface area (Å²) in [5.41, 5.74) is 7.11. The predicted molar refractivity (Wildman–Crippen MR) is 51.9 cm³/mol. The molecule has 12 heavy (non-hydrogen) atoms. The third kappa shape index (κ3) is 2.70. The van der Waals surface area contributed by atoms with Crippen molar-refractivity contribution in [2.75, 3.05) is 0 Å². The van der Waals surface area contributed by atoms with Crippen LogP contribution in [-0.4, -0.2) is 4.98 Å². The van der Waals surface area contributed by atoms with Gasteiger partial charge in [-0.25, -0.2) is 0 Å². The number of H-pyrrole nitrogens is 1. The first kappa shape index (κ1) is 9.33. The lowest BCUT2D eigenvalue weighted by molar-refractivity contribution is 0.573. The van der Waals surface area contributed by atoms with Crippen molar-refractivity contribution < 1.29 is 0 Å². The third-order valence-corrected chi connectivity index (χ3v) is 2.14. The van der Waals surface area contributed by atoms with Gasteiger partial charge in [-0.1, -0.05) is 26.2 Å². The minimum Gasteiger partial charge on any atom is -0.364 e. The molecule has 1 aromatic heterocycles. The van der Waals surface area contributed by atoms with Crippen LogP contribution in [0.4, 0.5) is 0 Å². The number of rotatable bonds is 5. The Labute approximate surface area is 74.2 Å². The number of hydrogen-bond acceptors (Lipinski definition) is 1. The van der Waals surface area contributed by atoms with Crippen LogP contribution in [0.2, 0.25) is 0 Å². The summed E-state index contributed by atoms with van der Waals surface area (Å²) < 4.78 is 0. The van der Waals surface area contributed by atoms with E-state index in [1.165, 1.54) is 19.3 Å². The van der Waals surface area contributed by atoms with Crippen molar-refractivity contribution in [2.45, 2.75) is 38.6 Å². The maximum absolute atomic E-state index is 5.95. The number of aromatic nitrogens is 1. The van der Waals surface area contributed by atoms with Gasteiger partial charge in [0, 0.05) is 17.9 Å². The van der Waals surface area contributed by atoms with Gasteiger partial charge in [0.1, 0.15) is 0 Å². The Morgan fingerprint density at radius 1 is 1.50 bits per heavy atom. The summed E-state index contributed by atoms with van der Waals surface area (Å²) in [7, 11) is 0. The highest BCUT2D eigenvalue weighted by atomic mass is 14.8. The third-order valence-electron chi connectivity index (χ3n) is 2.14. The fourth-order valence-electron chi connectivity index (χ4n) is 1.34. The molecule has 0 saturated carbocycles. The van der Waals surface area contributed by atoms with E-state index in [9.17, 15) is 0 Å². The molecule has 0 amide bonds. The van der Waals surface area contributed by atoms with Gasteiger partial charge >= 0.3 is 0 Å². The lowest BCUT2D eigenvalue weighted by Gasteiger charge is -2.08. The molecule has 3 N–H and O–H groups in total. The van der Waals surface area contributed by atoms with Crippen molar-refractivity contribution in [1.82, 2.24) is 4.98 Å². The molecule has 0 aliphatic rings. The molecule has 0 aliphatic heterocycles. The van der Waals surface area contributed by atoms with Crippen LogP contribution >= 0.6 is 0 Å². The molecule has 2 nitrogen and oxygen atoms in total. The molecule has 0 aromatic carbocycles. The molecule has 1 heterocycles. The van der Waals surface area contributed by atoms with Crippen LogP contribution in [0.15, 0.2) is 18.3 Å². The number of nitrogens with one attached hydrogen (secondary N) is 1. The number of unbranched alkanes of at least 4 members (excludes halogenated alkanes) is 2. The van der Waals surface area contributed by atoms with E-state index in [1.807, 2.05) is 12.3 Å². The number of aromatic amines is 1. The van der Waals surface area contributed by atoms with Crippen LogP contribution in [-0.2, 0) is 0 Å². The van der Waals surface area contributed by atoms with Crippen molar-refractivity contribution in [1.29, 1.82) is 0 Å². The van der Waals surface area contributed by atoms with Gasteiger partial charge in [0.2, 0.25) is 0 Å². The Hall–Kier alpha value is -0.760. The summed E-state index contributed by atoms with van der Waals surface area (Å²) in [6, 6.07) is 4.25. The van der Waals surface area contributed by atoms with Crippen molar-refractivity contribution in [3.8, 4) is 0 Å². The Morgan fingerprint density at radius 2 is 2.33 bits per heavy atom. The van der Waals surface area contributed by atoms with Gasteiger partial charge < -0.3 is 10.7 Å². The van der Waals surface area contributed by atoms with E-state index < -0.39 is 0 Å². The quantitative estimate of drug-likeness (QED) is 0.649. The standard InChI is InChI=1S/C10H18N2/c1-2-3-4-6-9(11)10-7-5-8-12-10/h5,7-9,12H,2-4,6,11H2,1H3/t9-/m0/s1. The molecular weight excluding hydrogens is 148 g/mol. The summed E-state index contributed by atoms with van der Waals surface area (Å²) in [6.07, 6.45) is 6.80. The van der Waals surface area contributed by atoms with Crippen molar-refractivity contribution >= 4 is 0 Å². The second-order valence-electron chi connectivity index (χ2n) is 3.23. The molecule has 2 heteroatoms. The predicted octanol–water partition coefficient (Wildman–Crippen LogP) is 2.59. The lowest BCUT2D eigenvalue weighted by atomic mass is 10.1. The molecular formula is C10H18N2. The van der Waals surface area contributed by atoms with Crippen molar-refractivity contribution in [2.24, 2.45) is 5.73 Å². The molecule has 1 atom stereocenters. The summed E-state index contributed by atoms with van der Waals surface area (Å²) in [4.78, 5) is 3.14. The first-order chi connectivity index (χ1) is 5.84. The minimum atomic E-state index is 0.201. The molecule has 0 bridgehead atoms. The van der Waals surface area contributed by atoms with Gasteiger partial charge in [0.25, 0.3) is 0 Å². The molecule has 0 aliphatic carbocycles. The van der Waals surface area contributed by atoms with E-state index in [0.29, 0.717) is 0 Å². The largest absolute Gasteiger partial charge is 0.364 e. The van der Waals surface area contributed by atoms with Crippen LogP contribution in [0.5, 0.6) is 0 Å². The Bertz CT molecular complexity index is 192. The normalized spacial score (nSPS) is 13.2. The number of nitrogens with two attached hydrogens (primary N) is 1. The molecule has 0 radical (unpaired) electrons. The first-order valence-corrected chi connectivity index (χ1v) is 4.73. The fraction of sp³-hybridized carbons (Fsp3) is 0.600. The minimum absolute atomic E-state index is 0.201. The Balaban J connectivity index is 2.25. The molecule has 0 spiro atoms. The van der Waals surface area contributed by atoms with E-state index in [0.717, 1.165) is 12.1 Å². The topological polar surface area (TPSA) is 41.8 Å². The average Bonchev–Trinajstić information content (AvgIpc) is 2.56. The zero-order chi connectivity index (χ0) is 8.81. The highest BCUT2D eigenvalue weighted by Crippen LogP contribution is 2.14. The zero-order valence-electron chi connectivity index (χ0n) is 7.72. The summed E-state index contributed by atoms with van der Waals surface area (Å²) in [5, 5.41) is 0.